The first-order valence-corrected chi connectivity index (χ1v) is 10.0. The van der Waals surface area contributed by atoms with Crippen LogP contribution in [0.1, 0.15) is 81.6 Å². The number of imide groups is 1. The van der Waals surface area contributed by atoms with Gasteiger partial charge in [-0.1, -0.05) is 0 Å². The van der Waals surface area contributed by atoms with Crippen LogP contribution in [0.25, 0.3) is 5.53 Å². The minimum absolute atomic E-state index is 0.0696. The molecule has 0 fully saturated rings. The van der Waals surface area contributed by atoms with Gasteiger partial charge in [-0.25, -0.2) is 14.4 Å². The summed E-state index contributed by atoms with van der Waals surface area (Å²) in [5.41, 5.74) is 5.69. The molecule has 0 aliphatic rings. The third kappa shape index (κ3) is 12.5. The van der Waals surface area contributed by atoms with Crippen molar-refractivity contribution in [3.63, 3.8) is 0 Å². The summed E-state index contributed by atoms with van der Waals surface area (Å²) < 4.78 is 16.0. The number of carbonyl (C=O) groups is 4. The molecule has 176 valence electrons. The van der Waals surface area contributed by atoms with E-state index in [0.29, 0.717) is 4.90 Å². The van der Waals surface area contributed by atoms with Gasteiger partial charge in [-0.2, -0.15) is 9.69 Å². The van der Waals surface area contributed by atoms with Gasteiger partial charge in [-0.05, 0) is 75.2 Å². The molecule has 0 heterocycles. The zero-order valence-corrected chi connectivity index (χ0v) is 20.0. The highest BCUT2D eigenvalue weighted by atomic mass is 16.6. The molecule has 0 aromatic heterocycles. The van der Waals surface area contributed by atoms with Crippen LogP contribution in [0, 0.1) is 0 Å². The lowest BCUT2D eigenvalue weighted by atomic mass is 10.1. The van der Waals surface area contributed by atoms with Gasteiger partial charge >= 0.3 is 24.4 Å². The Morgan fingerprint density at radius 3 is 1.61 bits per heavy atom. The highest BCUT2D eigenvalue weighted by molar-refractivity contribution is 6.25. The number of hydrogen-bond donors (Lipinski definition) is 0. The molecule has 0 unspecified atom stereocenters. The van der Waals surface area contributed by atoms with Gasteiger partial charge in [0.05, 0.1) is 0 Å². The van der Waals surface area contributed by atoms with Crippen LogP contribution in [0.15, 0.2) is 0 Å². The highest BCUT2D eigenvalue weighted by Gasteiger charge is 2.41. The molecule has 31 heavy (non-hydrogen) atoms. The molecule has 10 heteroatoms. The van der Waals surface area contributed by atoms with Crippen molar-refractivity contribution >= 4 is 30.2 Å². The number of nitrogens with zero attached hydrogens (tertiary/aromatic N) is 3. The van der Waals surface area contributed by atoms with E-state index in [1.165, 1.54) is 0 Å². The maximum Gasteiger partial charge on any atom is 0.420 e. The fraction of sp³-hybridized carbons (Fsp3) is 0.762. The van der Waals surface area contributed by atoms with Crippen LogP contribution in [-0.4, -0.2) is 62.7 Å². The lowest BCUT2D eigenvalue weighted by molar-refractivity contribution is -0.161. The van der Waals surface area contributed by atoms with Crippen molar-refractivity contribution in [2.45, 2.75) is 104 Å². The smallest absolute Gasteiger partial charge is 0.420 e. The van der Waals surface area contributed by atoms with E-state index in [2.05, 4.69) is 4.79 Å². The van der Waals surface area contributed by atoms with E-state index in [0.717, 1.165) is 6.21 Å². The first-order valence-electron chi connectivity index (χ1n) is 10.0. The van der Waals surface area contributed by atoms with Gasteiger partial charge < -0.3 is 19.7 Å². The Morgan fingerprint density at radius 2 is 1.26 bits per heavy atom. The van der Waals surface area contributed by atoms with E-state index in [1.807, 2.05) is 0 Å². The number of carbonyl (C=O) groups excluding carboxylic acids is 4. The Labute approximate surface area is 183 Å². The van der Waals surface area contributed by atoms with Gasteiger partial charge in [0.2, 0.25) is 5.78 Å². The Morgan fingerprint density at radius 1 is 0.839 bits per heavy atom. The summed E-state index contributed by atoms with van der Waals surface area (Å²) in [6.45, 7) is 14.7. The maximum absolute atomic E-state index is 12.9. The van der Waals surface area contributed by atoms with Crippen molar-refractivity contribution in [1.82, 2.24) is 4.90 Å². The van der Waals surface area contributed by atoms with Gasteiger partial charge in [-0.15, -0.1) is 0 Å². The van der Waals surface area contributed by atoms with Gasteiger partial charge in [-0.3, -0.25) is 4.79 Å². The van der Waals surface area contributed by atoms with Crippen molar-refractivity contribution in [2.75, 3.05) is 0 Å². The molecule has 0 bridgehead atoms. The molecule has 0 aromatic rings. The molecule has 0 aromatic carbocycles. The molecule has 0 saturated heterocycles. The van der Waals surface area contributed by atoms with Crippen molar-refractivity contribution in [2.24, 2.45) is 0 Å². The molecule has 0 aliphatic heterocycles. The Balaban J connectivity index is 6.03. The van der Waals surface area contributed by atoms with Gasteiger partial charge in [0, 0.05) is 6.42 Å². The van der Waals surface area contributed by atoms with Crippen molar-refractivity contribution < 1.29 is 38.2 Å². The summed E-state index contributed by atoms with van der Waals surface area (Å²) in [6.07, 6.45) is -1.45. The molecule has 0 aliphatic carbocycles. The number of rotatable bonds is 7. The van der Waals surface area contributed by atoms with E-state index in [-0.39, 0.29) is 19.3 Å². The average molecular weight is 442 g/mol. The molecule has 0 N–H and O–H groups in total. The number of ether oxygens (including phenoxy) is 3. The van der Waals surface area contributed by atoms with Gasteiger partial charge in [0.25, 0.3) is 0 Å². The summed E-state index contributed by atoms with van der Waals surface area (Å²) in [7, 11) is 0. The minimum Gasteiger partial charge on any atom is -0.458 e. The number of Topliss-reactive ketones (excluding diaryl/α,β-unsaturated/α-hetero) is 1. The van der Waals surface area contributed by atoms with E-state index in [4.69, 9.17) is 19.7 Å². The Bertz CT molecular complexity index is 693. The summed E-state index contributed by atoms with van der Waals surface area (Å²) in [5.74, 6) is -1.32. The van der Waals surface area contributed by atoms with E-state index < -0.39 is 46.8 Å². The molecular formula is C21H35N3O7. The Kier molecular flexibility index (Phi) is 10.1. The summed E-state index contributed by atoms with van der Waals surface area (Å²) >= 11 is 0. The number of esters is 1. The largest absolute Gasteiger partial charge is 0.458 e. The van der Waals surface area contributed by atoms with Crippen LogP contribution in [0.3, 0.4) is 0 Å². The molecule has 0 saturated carbocycles. The van der Waals surface area contributed by atoms with Crippen LogP contribution in [0.4, 0.5) is 9.59 Å². The minimum atomic E-state index is -1.39. The maximum atomic E-state index is 12.9. The molecule has 0 radical (unpaired) electrons. The first-order chi connectivity index (χ1) is 13.9. The van der Waals surface area contributed by atoms with Crippen LogP contribution in [0.5, 0.6) is 0 Å². The molecule has 2 amide bonds. The molecule has 1 atom stereocenters. The first kappa shape index (κ1) is 28.3. The summed E-state index contributed by atoms with van der Waals surface area (Å²) in [6, 6.07) is -1.39. The van der Waals surface area contributed by atoms with E-state index in [9.17, 15) is 19.2 Å². The summed E-state index contributed by atoms with van der Waals surface area (Å²) in [5, 5.41) is 0. The fourth-order valence-corrected chi connectivity index (χ4v) is 2.27. The average Bonchev–Trinajstić information content (AvgIpc) is 2.48. The third-order valence-electron chi connectivity index (χ3n) is 3.27. The number of amides is 2. The number of hydrogen-bond acceptors (Lipinski definition) is 7. The topological polar surface area (TPSA) is 136 Å². The molecular weight excluding hydrogens is 406 g/mol. The fourth-order valence-electron chi connectivity index (χ4n) is 2.27. The molecule has 0 rings (SSSR count). The lowest BCUT2D eigenvalue weighted by Gasteiger charge is -2.33. The quantitative estimate of drug-likeness (QED) is 0.192. The monoisotopic (exact) mass is 441 g/mol. The second-order valence-corrected chi connectivity index (χ2v) is 9.98. The van der Waals surface area contributed by atoms with E-state index >= 15 is 0 Å². The zero-order chi connectivity index (χ0) is 24.6. The van der Waals surface area contributed by atoms with Gasteiger partial charge in [0.1, 0.15) is 22.8 Å². The van der Waals surface area contributed by atoms with E-state index in [1.54, 1.807) is 62.3 Å². The second-order valence-electron chi connectivity index (χ2n) is 9.98. The second kappa shape index (κ2) is 11.0. The zero-order valence-electron chi connectivity index (χ0n) is 20.0. The van der Waals surface area contributed by atoms with Gasteiger partial charge in [0.15, 0.2) is 0 Å². The van der Waals surface area contributed by atoms with Crippen molar-refractivity contribution in [1.29, 1.82) is 0 Å². The molecule has 0 spiro atoms. The van der Waals surface area contributed by atoms with Crippen molar-refractivity contribution in [3.8, 4) is 0 Å². The normalized spacial score (nSPS) is 12.8. The predicted molar refractivity (Wildman–Crippen MR) is 112 cm³/mol. The van der Waals surface area contributed by atoms with Crippen LogP contribution < -0.4 is 0 Å². The number of ketones is 1. The Hall–Kier alpha value is -2.74. The van der Waals surface area contributed by atoms with Crippen LogP contribution in [-0.2, 0) is 23.8 Å². The highest BCUT2D eigenvalue weighted by Crippen LogP contribution is 2.22. The van der Waals surface area contributed by atoms with Crippen LogP contribution >= 0.6 is 0 Å². The standard InChI is InChI=1S/C21H35N3O7/c1-19(2,3)29-16(26)15(12-10-11-14(25)13-23-22)24(17(27)30-20(4,5)6)18(28)31-21(7,8)9/h13,15H,10-12H2,1-9H3/t15-/m0/s1. The molecule has 10 nitrogen and oxygen atoms in total. The SMILES string of the molecule is CC(C)(C)OC(=O)[C@H](CCCC(=O)C=[N+]=[N-])N(C(=O)OC(C)(C)C)C(=O)OC(C)(C)C. The lowest BCUT2D eigenvalue weighted by Crippen LogP contribution is -2.53. The van der Waals surface area contributed by atoms with Crippen LogP contribution in [0.2, 0.25) is 0 Å². The predicted octanol–water partition coefficient (Wildman–Crippen LogP) is 3.91. The van der Waals surface area contributed by atoms with Crippen molar-refractivity contribution in [3.05, 3.63) is 5.53 Å². The summed E-state index contributed by atoms with van der Waals surface area (Å²) in [4.78, 5) is 53.5. The third-order valence-corrected chi connectivity index (χ3v) is 3.27.